The molecule has 0 aliphatic carbocycles. The van der Waals surface area contributed by atoms with Gasteiger partial charge in [0.15, 0.2) is 5.03 Å². The summed E-state index contributed by atoms with van der Waals surface area (Å²) < 4.78 is 10.7. The molecule has 0 aliphatic rings. The van der Waals surface area contributed by atoms with Crippen LogP contribution in [0.1, 0.15) is 10.4 Å². The van der Waals surface area contributed by atoms with Crippen molar-refractivity contribution in [1.29, 1.82) is 0 Å². The molecule has 1 unspecified atom stereocenters. The molecule has 64 valence electrons. The van der Waals surface area contributed by atoms with Crippen LogP contribution in [0.2, 0.25) is 0 Å². The van der Waals surface area contributed by atoms with Crippen molar-refractivity contribution < 1.29 is 14.1 Å². The highest BCUT2D eigenvalue weighted by atomic mass is 32.2. The second kappa shape index (κ2) is 3.42. The lowest BCUT2D eigenvalue weighted by atomic mass is 10.3. The lowest BCUT2D eigenvalue weighted by molar-refractivity contribution is 0.0692. The van der Waals surface area contributed by atoms with E-state index >= 15 is 0 Å². The molecule has 1 heterocycles. The van der Waals surface area contributed by atoms with Gasteiger partial charge in [0.25, 0.3) is 0 Å². The van der Waals surface area contributed by atoms with Crippen LogP contribution in [0.4, 0.5) is 0 Å². The topological polar surface area (TPSA) is 93.3 Å². The van der Waals surface area contributed by atoms with E-state index in [1.54, 1.807) is 0 Å². The fourth-order valence-corrected chi connectivity index (χ4v) is 1.25. The molecule has 0 saturated heterocycles. The van der Waals surface area contributed by atoms with E-state index in [4.69, 9.17) is 10.2 Å². The Morgan fingerprint density at radius 1 is 1.67 bits per heavy atom. The van der Waals surface area contributed by atoms with Gasteiger partial charge in [0.1, 0.15) is 11.0 Å². The minimum absolute atomic E-state index is 0.106. The Bertz CT molecular complexity index is 306. The number of aromatic carboxylic acids is 1. The minimum Gasteiger partial charge on any atom is -0.478 e. The molecular formula is C6H6N2O3S. The van der Waals surface area contributed by atoms with Crippen LogP contribution in [0, 0.1) is 0 Å². The van der Waals surface area contributed by atoms with Crippen LogP contribution >= 0.6 is 0 Å². The van der Waals surface area contributed by atoms with E-state index in [0.717, 1.165) is 0 Å². The Labute approximate surface area is 70.8 Å². The fourth-order valence-electron chi connectivity index (χ4n) is 0.714. The van der Waals surface area contributed by atoms with E-state index in [-0.39, 0.29) is 10.6 Å². The summed E-state index contributed by atoms with van der Waals surface area (Å²) in [7, 11) is -1.85. The first-order chi connectivity index (χ1) is 5.63. The van der Waals surface area contributed by atoms with Crippen molar-refractivity contribution in [2.75, 3.05) is 0 Å². The number of aromatic nitrogens is 1. The smallest absolute Gasteiger partial charge is 0.338 e. The van der Waals surface area contributed by atoms with E-state index in [0.29, 0.717) is 0 Å². The van der Waals surface area contributed by atoms with Gasteiger partial charge in [0.2, 0.25) is 0 Å². The molecule has 12 heavy (non-hydrogen) atoms. The van der Waals surface area contributed by atoms with Crippen LogP contribution < -0.4 is 5.14 Å². The molecule has 0 amide bonds. The van der Waals surface area contributed by atoms with Crippen molar-refractivity contribution in [3.05, 3.63) is 23.9 Å². The highest BCUT2D eigenvalue weighted by Crippen LogP contribution is 2.06. The molecule has 1 aromatic rings. The number of nitrogens with two attached hydrogens (primary N) is 1. The van der Waals surface area contributed by atoms with Crippen LogP contribution in [-0.2, 0) is 11.0 Å². The summed E-state index contributed by atoms with van der Waals surface area (Å²) in [5.41, 5.74) is -0.127. The fraction of sp³-hybridized carbons (Fsp3) is 0. The summed E-state index contributed by atoms with van der Waals surface area (Å²) in [4.78, 5) is 14.1. The SMILES string of the molecule is NS(=O)c1ncccc1C(=O)O. The normalized spacial score (nSPS) is 12.4. The first-order valence-electron chi connectivity index (χ1n) is 2.97. The predicted octanol–water partition coefficient (Wildman–Crippen LogP) is -0.239. The maximum Gasteiger partial charge on any atom is 0.338 e. The number of hydrogen-bond acceptors (Lipinski definition) is 3. The third kappa shape index (κ3) is 1.66. The number of hydrogen-bond donors (Lipinski definition) is 2. The molecule has 0 radical (unpaired) electrons. The maximum atomic E-state index is 10.7. The number of carboxylic acids is 1. The Kier molecular flexibility index (Phi) is 2.51. The Morgan fingerprint density at radius 3 is 2.75 bits per heavy atom. The first-order valence-corrected chi connectivity index (χ1v) is 4.18. The van der Waals surface area contributed by atoms with Gasteiger partial charge in [-0.1, -0.05) is 0 Å². The summed E-state index contributed by atoms with van der Waals surface area (Å²) in [6.45, 7) is 0. The molecule has 0 aliphatic heterocycles. The van der Waals surface area contributed by atoms with Gasteiger partial charge < -0.3 is 5.11 Å². The summed E-state index contributed by atoms with van der Waals surface area (Å²) >= 11 is 0. The van der Waals surface area contributed by atoms with Gasteiger partial charge in [-0.15, -0.1) is 0 Å². The number of carbonyl (C=O) groups is 1. The van der Waals surface area contributed by atoms with E-state index in [1.807, 2.05) is 0 Å². The average Bonchev–Trinajstić information content (AvgIpc) is 2.04. The second-order valence-electron chi connectivity index (χ2n) is 1.96. The van der Waals surface area contributed by atoms with Gasteiger partial charge in [-0.3, -0.25) is 0 Å². The van der Waals surface area contributed by atoms with Crippen LogP contribution in [0.5, 0.6) is 0 Å². The standard InChI is InChI=1S/C6H6N2O3S/c7-12(11)5-4(6(9)10)2-1-3-8-5/h1-3H,7H2,(H,9,10). The lowest BCUT2D eigenvalue weighted by Gasteiger charge is -1.98. The van der Waals surface area contributed by atoms with Crippen LogP contribution in [0.25, 0.3) is 0 Å². The molecule has 0 bridgehead atoms. The van der Waals surface area contributed by atoms with Crippen LogP contribution in [-0.4, -0.2) is 20.3 Å². The van der Waals surface area contributed by atoms with Crippen molar-refractivity contribution in [3.8, 4) is 0 Å². The molecule has 0 fully saturated rings. The number of pyridine rings is 1. The van der Waals surface area contributed by atoms with Crippen LogP contribution in [0.3, 0.4) is 0 Å². The molecular weight excluding hydrogens is 180 g/mol. The zero-order valence-electron chi connectivity index (χ0n) is 5.93. The van der Waals surface area contributed by atoms with Crippen LogP contribution in [0.15, 0.2) is 23.4 Å². The molecule has 0 aromatic carbocycles. The van der Waals surface area contributed by atoms with Gasteiger partial charge in [-0.05, 0) is 12.1 Å². The van der Waals surface area contributed by atoms with Crippen molar-refractivity contribution in [2.24, 2.45) is 5.14 Å². The average molecular weight is 186 g/mol. The molecule has 5 nitrogen and oxygen atoms in total. The zero-order valence-corrected chi connectivity index (χ0v) is 6.75. The molecule has 0 spiro atoms. The highest BCUT2D eigenvalue weighted by Gasteiger charge is 2.12. The first kappa shape index (κ1) is 8.82. The minimum atomic E-state index is -1.85. The number of rotatable bonds is 2. The molecule has 1 atom stereocenters. The lowest BCUT2D eigenvalue weighted by Crippen LogP contribution is -2.11. The largest absolute Gasteiger partial charge is 0.478 e. The van der Waals surface area contributed by atoms with Gasteiger partial charge in [-0.25, -0.2) is 19.1 Å². The predicted molar refractivity (Wildman–Crippen MR) is 41.8 cm³/mol. The maximum absolute atomic E-state index is 10.7. The van der Waals surface area contributed by atoms with Gasteiger partial charge in [0.05, 0.1) is 5.56 Å². The Morgan fingerprint density at radius 2 is 2.33 bits per heavy atom. The highest BCUT2D eigenvalue weighted by molar-refractivity contribution is 7.82. The van der Waals surface area contributed by atoms with E-state index in [2.05, 4.69) is 4.98 Å². The molecule has 3 N–H and O–H groups in total. The summed E-state index contributed by atoms with van der Waals surface area (Å²) in [6.07, 6.45) is 1.34. The molecule has 0 saturated carbocycles. The quantitative estimate of drug-likeness (QED) is 0.666. The van der Waals surface area contributed by atoms with Gasteiger partial charge in [0, 0.05) is 6.20 Å². The van der Waals surface area contributed by atoms with E-state index < -0.39 is 17.0 Å². The van der Waals surface area contributed by atoms with Crippen molar-refractivity contribution in [2.45, 2.75) is 5.03 Å². The summed E-state index contributed by atoms with van der Waals surface area (Å²) in [6, 6.07) is 2.75. The number of nitrogens with zero attached hydrogens (tertiary/aromatic N) is 1. The van der Waals surface area contributed by atoms with E-state index in [1.165, 1.54) is 18.3 Å². The number of carboxylic acid groups (broad SMARTS) is 1. The Balaban J connectivity index is 3.27. The molecule has 1 aromatic heterocycles. The third-order valence-corrected chi connectivity index (χ3v) is 1.90. The monoisotopic (exact) mass is 186 g/mol. The molecule has 6 heteroatoms. The van der Waals surface area contributed by atoms with Gasteiger partial charge >= 0.3 is 5.97 Å². The Hall–Kier alpha value is -1.27. The second-order valence-corrected chi connectivity index (χ2v) is 2.94. The zero-order chi connectivity index (χ0) is 9.14. The van der Waals surface area contributed by atoms with E-state index in [9.17, 15) is 9.00 Å². The molecule has 1 rings (SSSR count). The van der Waals surface area contributed by atoms with Crippen molar-refractivity contribution in [3.63, 3.8) is 0 Å². The van der Waals surface area contributed by atoms with Crippen molar-refractivity contribution in [1.82, 2.24) is 4.98 Å². The summed E-state index contributed by atoms with van der Waals surface area (Å²) in [5, 5.41) is 13.5. The summed E-state index contributed by atoms with van der Waals surface area (Å²) in [5.74, 6) is -1.18. The third-order valence-electron chi connectivity index (χ3n) is 1.19. The van der Waals surface area contributed by atoms with Crippen molar-refractivity contribution >= 4 is 17.0 Å². The van der Waals surface area contributed by atoms with Gasteiger partial charge in [-0.2, -0.15) is 0 Å².